The minimum Gasteiger partial charge on any atom is -0.496 e. The third-order valence-electron chi connectivity index (χ3n) is 4.26. The van der Waals surface area contributed by atoms with E-state index in [1.165, 1.54) is 0 Å². The van der Waals surface area contributed by atoms with Crippen LogP contribution in [0.25, 0.3) is 16.7 Å². The van der Waals surface area contributed by atoms with Crippen LogP contribution in [0.1, 0.15) is 22.5 Å². The number of nitrogens with two attached hydrogens (primary N) is 1. The fourth-order valence-electron chi connectivity index (χ4n) is 3.15. The Kier molecular flexibility index (Phi) is 4.38. The van der Waals surface area contributed by atoms with Crippen LogP contribution in [0.5, 0.6) is 11.6 Å². The molecule has 0 unspecified atom stereocenters. The zero-order chi connectivity index (χ0) is 19.0. The van der Waals surface area contributed by atoms with Gasteiger partial charge < -0.3 is 15.2 Å². The molecule has 0 atom stereocenters. The highest BCUT2D eigenvalue weighted by atomic mass is 19.1. The highest BCUT2D eigenvalue weighted by Gasteiger charge is 2.25. The number of rotatable bonds is 4. The zero-order valence-corrected chi connectivity index (χ0v) is 14.9. The smallest absolute Gasteiger partial charge is 0.230 e. The Balaban J connectivity index is 2.50. The summed E-state index contributed by atoms with van der Waals surface area (Å²) in [5.74, 6) is 1.24. The standard InChI is InChI=1S/C18H18FN5O2/c1-9-5-6-13(25-4)10(2)15(9)24-16(21)12(7-20)14-17(24)22-11(3)23-18(14)26-8-19/h5-6H,8,21H2,1-4H3. The van der Waals surface area contributed by atoms with Crippen LogP contribution in [0.3, 0.4) is 0 Å². The van der Waals surface area contributed by atoms with Crippen molar-refractivity contribution in [3.05, 3.63) is 34.6 Å². The van der Waals surface area contributed by atoms with Crippen molar-refractivity contribution in [2.75, 3.05) is 19.7 Å². The highest BCUT2D eigenvalue weighted by molar-refractivity contribution is 5.95. The summed E-state index contributed by atoms with van der Waals surface area (Å²) in [7, 11) is 1.58. The SMILES string of the molecule is COc1ccc(C)c(-n2c(N)c(C#N)c3c(OCF)nc(C)nc32)c1C. The van der Waals surface area contributed by atoms with Crippen molar-refractivity contribution >= 4 is 16.9 Å². The molecule has 2 aromatic heterocycles. The minimum atomic E-state index is -1.07. The predicted molar refractivity (Wildman–Crippen MR) is 95.4 cm³/mol. The molecule has 2 heterocycles. The Morgan fingerprint density at radius 1 is 1.27 bits per heavy atom. The first-order valence-electron chi connectivity index (χ1n) is 7.86. The molecule has 0 saturated heterocycles. The number of nitrogen functional groups attached to an aromatic ring is 1. The van der Waals surface area contributed by atoms with Crippen molar-refractivity contribution in [1.29, 1.82) is 5.26 Å². The first-order chi connectivity index (χ1) is 12.4. The third kappa shape index (κ3) is 2.49. The number of aryl methyl sites for hydroxylation is 2. The summed E-state index contributed by atoms with van der Waals surface area (Å²) in [4.78, 5) is 8.55. The average molecular weight is 355 g/mol. The van der Waals surface area contributed by atoms with E-state index in [0.29, 0.717) is 17.2 Å². The van der Waals surface area contributed by atoms with Gasteiger partial charge in [0.2, 0.25) is 12.7 Å². The van der Waals surface area contributed by atoms with Crippen LogP contribution >= 0.6 is 0 Å². The van der Waals surface area contributed by atoms with Crippen LogP contribution in [0, 0.1) is 32.1 Å². The Bertz CT molecular complexity index is 1050. The quantitative estimate of drug-likeness (QED) is 0.772. The number of fused-ring (bicyclic) bond motifs is 1. The van der Waals surface area contributed by atoms with E-state index in [0.717, 1.165) is 16.8 Å². The summed E-state index contributed by atoms with van der Waals surface area (Å²) < 4.78 is 24.9. The van der Waals surface area contributed by atoms with Crippen LogP contribution in [0.2, 0.25) is 0 Å². The van der Waals surface area contributed by atoms with Gasteiger partial charge in [-0.05, 0) is 32.4 Å². The monoisotopic (exact) mass is 355 g/mol. The van der Waals surface area contributed by atoms with Gasteiger partial charge in [-0.3, -0.25) is 4.57 Å². The fraction of sp³-hybridized carbons (Fsp3) is 0.278. The largest absolute Gasteiger partial charge is 0.496 e. The van der Waals surface area contributed by atoms with Crippen LogP contribution < -0.4 is 15.2 Å². The van der Waals surface area contributed by atoms with Gasteiger partial charge in [0.05, 0.1) is 12.8 Å². The summed E-state index contributed by atoms with van der Waals surface area (Å²) in [6, 6.07) is 5.81. The van der Waals surface area contributed by atoms with Crippen LogP contribution in [0.4, 0.5) is 10.2 Å². The number of ether oxygens (including phenoxy) is 2. The van der Waals surface area contributed by atoms with Gasteiger partial charge in [0.25, 0.3) is 0 Å². The number of hydrogen-bond acceptors (Lipinski definition) is 6. The molecule has 134 valence electrons. The number of aromatic nitrogens is 3. The van der Waals surface area contributed by atoms with E-state index >= 15 is 0 Å². The average Bonchev–Trinajstić information content (AvgIpc) is 2.87. The second kappa shape index (κ2) is 6.52. The Morgan fingerprint density at radius 3 is 2.62 bits per heavy atom. The summed E-state index contributed by atoms with van der Waals surface area (Å²) in [5.41, 5.74) is 9.32. The summed E-state index contributed by atoms with van der Waals surface area (Å²) >= 11 is 0. The topological polar surface area (TPSA) is 99.0 Å². The molecule has 0 amide bonds. The summed E-state index contributed by atoms with van der Waals surface area (Å²) in [6.07, 6.45) is 0. The third-order valence-corrected chi connectivity index (χ3v) is 4.26. The van der Waals surface area contributed by atoms with Crippen molar-refractivity contribution in [1.82, 2.24) is 14.5 Å². The summed E-state index contributed by atoms with van der Waals surface area (Å²) in [5, 5.41) is 9.89. The predicted octanol–water partition coefficient (Wildman–Crippen LogP) is 3.11. The number of methoxy groups -OCH3 is 1. The molecule has 0 radical (unpaired) electrons. The van der Waals surface area contributed by atoms with E-state index < -0.39 is 6.86 Å². The molecule has 7 nitrogen and oxygen atoms in total. The van der Waals surface area contributed by atoms with Crippen molar-refractivity contribution in [3.63, 3.8) is 0 Å². The van der Waals surface area contributed by atoms with Crippen molar-refractivity contribution < 1.29 is 13.9 Å². The number of alkyl halides is 1. The molecule has 0 saturated carbocycles. The highest BCUT2D eigenvalue weighted by Crippen LogP contribution is 2.38. The Morgan fingerprint density at radius 2 is 2.00 bits per heavy atom. The zero-order valence-electron chi connectivity index (χ0n) is 14.9. The van der Waals surface area contributed by atoms with Gasteiger partial charge in [0.15, 0.2) is 5.65 Å². The molecule has 0 spiro atoms. The molecule has 0 fully saturated rings. The van der Waals surface area contributed by atoms with Crippen LogP contribution in [0.15, 0.2) is 12.1 Å². The number of anilines is 1. The molecule has 8 heteroatoms. The van der Waals surface area contributed by atoms with Crippen LogP contribution in [-0.4, -0.2) is 28.5 Å². The second-order valence-electron chi connectivity index (χ2n) is 5.79. The van der Waals surface area contributed by atoms with E-state index in [-0.39, 0.29) is 22.6 Å². The molecule has 0 aliphatic carbocycles. The van der Waals surface area contributed by atoms with Crippen molar-refractivity contribution in [2.45, 2.75) is 20.8 Å². The van der Waals surface area contributed by atoms with Gasteiger partial charge in [-0.2, -0.15) is 10.2 Å². The maximum atomic E-state index is 12.8. The summed E-state index contributed by atoms with van der Waals surface area (Å²) in [6.45, 7) is 4.41. The molecule has 1 aromatic carbocycles. The maximum absolute atomic E-state index is 12.8. The van der Waals surface area contributed by atoms with Crippen LogP contribution in [-0.2, 0) is 0 Å². The lowest BCUT2D eigenvalue weighted by atomic mass is 10.1. The normalized spacial score (nSPS) is 10.8. The molecule has 26 heavy (non-hydrogen) atoms. The number of nitriles is 1. The number of benzene rings is 1. The van der Waals surface area contributed by atoms with Gasteiger partial charge >= 0.3 is 0 Å². The lowest BCUT2D eigenvalue weighted by Gasteiger charge is -2.16. The lowest BCUT2D eigenvalue weighted by Crippen LogP contribution is -2.07. The van der Waals surface area contributed by atoms with Gasteiger partial charge in [-0.15, -0.1) is 0 Å². The minimum absolute atomic E-state index is 0.00444. The molecule has 0 aliphatic rings. The Hall–Kier alpha value is -3.34. The van der Waals surface area contributed by atoms with Gasteiger partial charge in [0, 0.05) is 5.56 Å². The van der Waals surface area contributed by atoms with E-state index in [1.54, 1.807) is 18.6 Å². The molecular formula is C18H18FN5O2. The molecule has 3 aromatic rings. The molecular weight excluding hydrogens is 337 g/mol. The van der Waals surface area contributed by atoms with Crippen molar-refractivity contribution in [2.24, 2.45) is 0 Å². The van der Waals surface area contributed by atoms with E-state index in [9.17, 15) is 9.65 Å². The van der Waals surface area contributed by atoms with E-state index in [2.05, 4.69) is 16.0 Å². The van der Waals surface area contributed by atoms with Gasteiger partial charge in [0.1, 0.15) is 34.4 Å². The molecule has 0 bridgehead atoms. The second-order valence-corrected chi connectivity index (χ2v) is 5.79. The van der Waals surface area contributed by atoms with Crippen molar-refractivity contribution in [3.8, 4) is 23.4 Å². The number of halogens is 1. The maximum Gasteiger partial charge on any atom is 0.230 e. The number of nitrogens with zero attached hydrogens (tertiary/aromatic N) is 4. The van der Waals surface area contributed by atoms with Gasteiger partial charge in [-0.25, -0.2) is 9.37 Å². The fourth-order valence-corrected chi connectivity index (χ4v) is 3.15. The first kappa shape index (κ1) is 17.5. The Labute approximate surface area is 149 Å². The van der Waals surface area contributed by atoms with E-state index in [4.69, 9.17) is 15.2 Å². The molecule has 2 N–H and O–H groups in total. The number of hydrogen-bond donors (Lipinski definition) is 1. The molecule has 0 aliphatic heterocycles. The first-order valence-corrected chi connectivity index (χ1v) is 7.86. The van der Waals surface area contributed by atoms with Gasteiger partial charge in [-0.1, -0.05) is 6.07 Å². The molecule has 3 rings (SSSR count). The lowest BCUT2D eigenvalue weighted by molar-refractivity contribution is 0.186. The van der Waals surface area contributed by atoms with E-state index in [1.807, 2.05) is 26.0 Å².